The molecule has 3 rings (SSSR count). The van der Waals surface area contributed by atoms with E-state index in [1.807, 2.05) is 61.5 Å². The molecule has 2 N–H and O–H groups in total. The number of carbonyl (C=O) groups excluding carboxylic acids is 1. The first-order chi connectivity index (χ1) is 13.3. The summed E-state index contributed by atoms with van der Waals surface area (Å²) < 4.78 is 10.8. The topological polar surface area (TPSA) is 59.6 Å². The van der Waals surface area contributed by atoms with Gasteiger partial charge in [0.25, 0.3) is 0 Å². The van der Waals surface area contributed by atoms with Crippen LogP contribution in [0.2, 0.25) is 0 Å². The van der Waals surface area contributed by atoms with Crippen molar-refractivity contribution in [2.45, 2.75) is 6.92 Å². The first kappa shape index (κ1) is 18.7. The Morgan fingerprint density at radius 3 is 2.52 bits per heavy atom. The van der Waals surface area contributed by atoms with Crippen molar-refractivity contribution in [3.05, 3.63) is 66.7 Å². The summed E-state index contributed by atoms with van der Waals surface area (Å²) in [6.07, 6.45) is 0. The number of hydrogen-bond donors (Lipinski definition) is 2. The maximum absolute atomic E-state index is 12.2. The van der Waals surface area contributed by atoms with Crippen molar-refractivity contribution in [2.75, 3.05) is 37.0 Å². The van der Waals surface area contributed by atoms with E-state index in [-0.39, 0.29) is 12.5 Å². The molecule has 0 aliphatic heterocycles. The van der Waals surface area contributed by atoms with Gasteiger partial charge in [0.15, 0.2) is 0 Å². The first-order valence-electron chi connectivity index (χ1n) is 9.08. The second kappa shape index (κ2) is 9.59. The van der Waals surface area contributed by atoms with Crippen LogP contribution in [0.5, 0.6) is 5.75 Å². The van der Waals surface area contributed by atoms with E-state index in [9.17, 15) is 4.79 Å². The molecular formula is C22H24N2O3. The lowest BCUT2D eigenvalue weighted by Crippen LogP contribution is -2.21. The highest BCUT2D eigenvalue weighted by Crippen LogP contribution is 2.22. The fraction of sp³-hybridized carbons (Fsp3) is 0.227. The number of anilines is 2. The van der Waals surface area contributed by atoms with Crippen molar-refractivity contribution in [1.82, 2.24) is 0 Å². The molecule has 0 radical (unpaired) electrons. The number of nitrogens with one attached hydrogen (secondary N) is 2. The zero-order valence-corrected chi connectivity index (χ0v) is 15.4. The molecule has 0 spiro atoms. The molecule has 140 valence electrons. The van der Waals surface area contributed by atoms with Gasteiger partial charge in [0, 0.05) is 23.4 Å². The maximum atomic E-state index is 12.2. The molecule has 0 aromatic heterocycles. The Morgan fingerprint density at radius 2 is 1.70 bits per heavy atom. The fourth-order valence-electron chi connectivity index (χ4n) is 2.76. The van der Waals surface area contributed by atoms with Crippen molar-refractivity contribution in [3.8, 4) is 5.75 Å². The zero-order chi connectivity index (χ0) is 18.9. The number of benzene rings is 3. The normalized spacial score (nSPS) is 10.6. The molecule has 0 fully saturated rings. The summed E-state index contributed by atoms with van der Waals surface area (Å²) in [4.78, 5) is 12.2. The molecule has 0 aliphatic carbocycles. The number of ether oxygens (including phenoxy) is 2. The van der Waals surface area contributed by atoms with Gasteiger partial charge in [-0.15, -0.1) is 0 Å². The largest absolute Gasteiger partial charge is 0.491 e. The van der Waals surface area contributed by atoms with Crippen molar-refractivity contribution in [3.63, 3.8) is 0 Å². The highest BCUT2D eigenvalue weighted by molar-refractivity contribution is 5.97. The zero-order valence-electron chi connectivity index (χ0n) is 15.4. The monoisotopic (exact) mass is 364 g/mol. The van der Waals surface area contributed by atoms with Gasteiger partial charge in [0.2, 0.25) is 5.91 Å². The molecule has 0 atom stereocenters. The molecule has 0 heterocycles. The Bertz CT molecular complexity index is 873. The van der Waals surface area contributed by atoms with Crippen LogP contribution in [-0.4, -0.2) is 32.3 Å². The summed E-state index contributed by atoms with van der Waals surface area (Å²) in [5.74, 6) is 0.648. The van der Waals surface area contributed by atoms with Crippen LogP contribution in [0.1, 0.15) is 6.92 Å². The molecule has 0 saturated heterocycles. The minimum absolute atomic E-state index is 0.104. The number of fused-ring (bicyclic) bond motifs is 1. The van der Waals surface area contributed by atoms with Gasteiger partial charge in [0.05, 0.1) is 13.2 Å². The number of amides is 1. The van der Waals surface area contributed by atoms with E-state index in [0.29, 0.717) is 19.8 Å². The summed E-state index contributed by atoms with van der Waals surface area (Å²) in [6, 6.07) is 21.4. The van der Waals surface area contributed by atoms with E-state index < -0.39 is 0 Å². The van der Waals surface area contributed by atoms with Gasteiger partial charge in [-0.05, 0) is 42.6 Å². The second-order valence-corrected chi connectivity index (χ2v) is 6.00. The van der Waals surface area contributed by atoms with E-state index >= 15 is 0 Å². The Kier molecular flexibility index (Phi) is 6.66. The third-order valence-electron chi connectivity index (χ3n) is 4.07. The molecule has 3 aromatic carbocycles. The molecule has 0 bridgehead atoms. The van der Waals surface area contributed by atoms with Gasteiger partial charge in [0.1, 0.15) is 12.4 Å². The summed E-state index contributed by atoms with van der Waals surface area (Å²) in [6.45, 7) is 3.90. The molecule has 5 heteroatoms. The van der Waals surface area contributed by atoms with Crippen molar-refractivity contribution in [1.29, 1.82) is 0 Å². The Morgan fingerprint density at radius 1 is 0.926 bits per heavy atom. The minimum atomic E-state index is -0.104. The highest BCUT2D eigenvalue weighted by atomic mass is 16.5. The molecule has 0 unspecified atom stereocenters. The molecule has 3 aromatic rings. The van der Waals surface area contributed by atoms with Gasteiger partial charge in [-0.3, -0.25) is 4.79 Å². The third kappa shape index (κ3) is 5.46. The van der Waals surface area contributed by atoms with Crippen LogP contribution in [0, 0.1) is 0 Å². The summed E-state index contributed by atoms with van der Waals surface area (Å²) in [5.41, 5.74) is 1.68. The highest BCUT2D eigenvalue weighted by Gasteiger charge is 2.05. The minimum Gasteiger partial charge on any atom is -0.491 e. The van der Waals surface area contributed by atoms with E-state index in [1.54, 1.807) is 0 Å². The van der Waals surface area contributed by atoms with E-state index in [2.05, 4.69) is 22.8 Å². The van der Waals surface area contributed by atoms with Crippen LogP contribution in [-0.2, 0) is 9.53 Å². The number of hydrogen-bond acceptors (Lipinski definition) is 4. The van der Waals surface area contributed by atoms with Gasteiger partial charge >= 0.3 is 0 Å². The van der Waals surface area contributed by atoms with E-state index in [0.717, 1.165) is 27.9 Å². The molecule has 5 nitrogen and oxygen atoms in total. The van der Waals surface area contributed by atoms with Crippen LogP contribution in [0.25, 0.3) is 10.8 Å². The lowest BCUT2D eigenvalue weighted by Gasteiger charge is -2.11. The maximum Gasteiger partial charge on any atom is 0.243 e. The average molecular weight is 364 g/mol. The Balaban J connectivity index is 1.50. The molecular weight excluding hydrogens is 340 g/mol. The SMILES string of the molecule is CCOCCOc1ccc(NC(=O)CNc2cccc3ccccc23)cc1. The van der Waals surface area contributed by atoms with Gasteiger partial charge in [-0.2, -0.15) is 0 Å². The van der Waals surface area contributed by atoms with Crippen LogP contribution in [0.4, 0.5) is 11.4 Å². The van der Waals surface area contributed by atoms with E-state index in [1.165, 1.54) is 0 Å². The smallest absolute Gasteiger partial charge is 0.243 e. The second-order valence-electron chi connectivity index (χ2n) is 6.00. The number of carbonyl (C=O) groups is 1. The van der Waals surface area contributed by atoms with Crippen molar-refractivity contribution < 1.29 is 14.3 Å². The molecule has 0 saturated carbocycles. The summed E-state index contributed by atoms with van der Waals surface area (Å²) >= 11 is 0. The van der Waals surface area contributed by atoms with Crippen LogP contribution in [0.15, 0.2) is 66.7 Å². The predicted molar refractivity (Wildman–Crippen MR) is 109 cm³/mol. The predicted octanol–water partition coefficient (Wildman–Crippen LogP) is 4.31. The fourth-order valence-corrected chi connectivity index (χ4v) is 2.76. The van der Waals surface area contributed by atoms with Crippen LogP contribution >= 0.6 is 0 Å². The van der Waals surface area contributed by atoms with Crippen LogP contribution < -0.4 is 15.4 Å². The Hall–Kier alpha value is -3.05. The molecule has 1 amide bonds. The average Bonchev–Trinajstić information content (AvgIpc) is 2.71. The van der Waals surface area contributed by atoms with E-state index in [4.69, 9.17) is 9.47 Å². The Labute approximate surface area is 159 Å². The van der Waals surface area contributed by atoms with Crippen molar-refractivity contribution >= 4 is 28.1 Å². The van der Waals surface area contributed by atoms with Crippen LogP contribution in [0.3, 0.4) is 0 Å². The number of rotatable bonds is 9. The summed E-state index contributed by atoms with van der Waals surface area (Å²) in [7, 11) is 0. The van der Waals surface area contributed by atoms with Gasteiger partial charge < -0.3 is 20.1 Å². The standard InChI is InChI=1S/C22H24N2O3/c1-2-26-14-15-27-19-12-10-18(11-13-19)24-22(25)16-23-21-9-5-7-17-6-3-4-8-20(17)21/h3-13,23H,2,14-16H2,1H3,(H,24,25). The third-order valence-corrected chi connectivity index (χ3v) is 4.07. The molecule has 27 heavy (non-hydrogen) atoms. The molecule has 0 aliphatic rings. The lowest BCUT2D eigenvalue weighted by molar-refractivity contribution is -0.114. The van der Waals surface area contributed by atoms with Gasteiger partial charge in [-0.25, -0.2) is 0 Å². The summed E-state index contributed by atoms with van der Waals surface area (Å²) in [5, 5.41) is 8.33. The van der Waals surface area contributed by atoms with Crippen molar-refractivity contribution in [2.24, 2.45) is 0 Å². The quantitative estimate of drug-likeness (QED) is 0.556. The first-order valence-corrected chi connectivity index (χ1v) is 9.08. The lowest BCUT2D eigenvalue weighted by atomic mass is 10.1. The van der Waals surface area contributed by atoms with Gasteiger partial charge in [-0.1, -0.05) is 36.4 Å².